The summed E-state index contributed by atoms with van der Waals surface area (Å²) in [5.41, 5.74) is 7.09. The molecule has 0 spiro atoms. The maximum absolute atomic E-state index is 15.0. The van der Waals surface area contributed by atoms with Gasteiger partial charge in [0.05, 0.1) is 17.8 Å². The van der Waals surface area contributed by atoms with Crippen molar-refractivity contribution in [3.8, 4) is 11.4 Å². The van der Waals surface area contributed by atoms with Gasteiger partial charge in [0, 0.05) is 56.5 Å². The highest BCUT2D eigenvalue weighted by atomic mass is 19.1. The molecular weight excluding hydrogens is 477 g/mol. The molecule has 11 nitrogen and oxygen atoms in total. The summed E-state index contributed by atoms with van der Waals surface area (Å²) < 4.78 is 20.6. The summed E-state index contributed by atoms with van der Waals surface area (Å²) in [7, 11) is 0. The zero-order chi connectivity index (χ0) is 26.5. The Balaban J connectivity index is 1.39. The van der Waals surface area contributed by atoms with Gasteiger partial charge in [0.1, 0.15) is 11.4 Å². The number of nitrogens with two attached hydrogens (primary N) is 1. The zero-order valence-corrected chi connectivity index (χ0v) is 22.3. The first kappa shape index (κ1) is 25.7. The van der Waals surface area contributed by atoms with Crippen LogP contribution in [0.3, 0.4) is 0 Å². The van der Waals surface area contributed by atoms with Gasteiger partial charge in [-0.1, -0.05) is 0 Å². The predicted octanol–water partition coefficient (Wildman–Crippen LogP) is 2.76. The highest BCUT2D eigenvalue weighted by Gasteiger charge is 2.47. The van der Waals surface area contributed by atoms with Crippen LogP contribution < -0.4 is 11.1 Å². The third-order valence-corrected chi connectivity index (χ3v) is 8.08. The molecule has 5 heterocycles. The van der Waals surface area contributed by atoms with Crippen LogP contribution in [-0.2, 0) is 16.8 Å². The van der Waals surface area contributed by atoms with Crippen LogP contribution in [0.2, 0.25) is 0 Å². The van der Waals surface area contributed by atoms with E-state index in [1.807, 2.05) is 30.6 Å². The number of urea groups is 1. The van der Waals surface area contributed by atoms with Crippen molar-refractivity contribution in [3.05, 3.63) is 17.1 Å². The molecule has 3 aliphatic heterocycles. The Labute approximate surface area is 216 Å². The number of aromatic nitrogens is 4. The molecule has 0 bridgehead atoms. The van der Waals surface area contributed by atoms with Gasteiger partial charge >= 0.3 is 6.03 Å². The number of hydrogen-bond acceptors (Lipinski definition) is 8. The number of carbonyl (C=O) groups is 1. The molecule has 12 heteroatoms. The van der Waals surface area contributed by atoms with Crippen molar-refractivity contribution in [1.29, 1.82) is 0 Å². The number of nitrogens with zero attached hydrogens (tertiary/aromatic N) is 6. The second kappa shape index (κ2) is 9.71. The lowest BCUT2D eigenvalue weighted by molar-refractivity contribution is -0.0237. The van der Waals surface area contributed by atoms with E-state index in [0.717, 1.165) is 43.9 Å². The Hall–Kier alpha value is -2.99. The number of anilines is 2. The van der Waals surface area contributed by atoms with Crippen LogP contribution >= 0.6 is 0 Å². The fourth-order valence-electron chi connectivity index (χ4n) is 5.98. The summed E-state index contributed by atoms with van der Waals surface area (Å²) >= 11 is 0. The maximum atomic E-state index is 15.0. The van der Waals surface area contributed by atoms with E-state index in [4.69, 9.17) is 10.5 Å². The molecule has 5 rings (SSSR count). The van der Waals surface area contributed by atoms with E-state index < -0.39 is 11.4 Å². The van der Waals surface area contributed by atoms with Crippen LogP contribution in [-0.4, -0.2) is 91.9 Å². The largest absolute Gasteiger partial charge is 0.381 e. The average molecular weight is 516 g/mol. The van der Waals surface area contributed by atoms with Gasteiger partial charge in [-0.2, -0.15) is 10.1 Å². The van der Waals surface area contributed by atoms with Gasteiger partial charge < -0.3 is 25.6 Å². The minimum Gasteiger partial charge on any atom is -0.381 e. The van der Waals surface area contributed by atoms with Crippen LogP contribution in [0.25, 0.3) is 11.4 Å². The number of fused-ring (bicyclic) bond motifs is 1. The molecule has 2 atom stereocenters. The fraction of sp³-hybridized carbons (Fsp3) is 0.680. The smallest absolute Gasteiger partial charge is 0.321 e. The third-order valence-electron chi connectivity index (χ3n) is 8.08. The summed E-state index contributed by atoms with van der Waals surface area (Å²) in [5.74, 6) is -0.720. The fourth-order valence-corrected chi connectivity index (χ4v) is 5.98. The van der Waals surface area contributed by atoms with E-state index in [9.17, 15) is 4.79 Å². The molecule has 2 fully saturated rings. The monoisotopic (exact) mass is 515 g/mol. The Morgan fingerprint density at radius 3 is 2.62 bits per heavy atom. The molecule has 2 saturated heterocycles. The number of nitrogen functional groups attached to an aromatic ring is 1. The molecule has 0 aromatic carbocycles. The number of amides is 2. The van der Waals surface area contributed by atoms with Crippen molar-refractivity contribution in [2.45, 2.75) is 77.7 Å². The predicted molar refractivity (Wildman–Crippen MR) is 138 cm³/mol. The molecule has 0 radical (unpaired) electrons. The van der Waals surface area contributed by atoms with E-state index >= 15 is 4.39 Å². The van der Waals surface area contributed by atoms with Crippen molar-refractivity contribution in [1.82, 2.24) is 34.9 Å². The number of hydrogen-bond donors (Lipinski definition) is 3. The van der Waals surface area contributed by atoms with E-state index in [-0.39, 0.29) is 35.6 Å². The van der Waals surface area contributed by atoms with Gasteiger partial charge in [0.15, 0.2) is 11.6 Å². The summed E-state index contributed by atoms with van der Waals surface area (Å²) in [6, 6.07) is 0.803. The first-order valence-electron chi connectivity index (χ1n) is 13.2. The number of nitrogens with one attached hydrogen (secondary N) is 2. The van der Waals surface area contributed by atoms with E-state index in [1.54, 1.807) is 0 Å². The van der Waals surface area contributed by atoms with Gasteiger partial charge in [0.2, 0.25) is 5.95 Å². The quantitative estimate of drug-likeness (QED) is 0.567. The maximum Gasteiger partial charge on any atom is 0.321 e. The molecule has 0 aliphatic carbocycles. The van der Waals surface area contributed by atoms with Gasteiger partial charge in [-0.25, -0.2) is 14.2 Å². The van der Waals surface area contributed by atoms with Crippen LogP contribution in [0.1, 0.15) is 58.7 Å². The van der Waals surface area contributed by atoms with E-state index in [0.29, 0.717) is 31.4 Å². The number of piperazine rings is 1. The number of rotatable bonds is 4. The first-order valence-corrected chi connectivity index (χ1v) is 13.2. The standard InChI is InChI=1S/C25H38FN9O2/c1-6-28-23-29-20(18(26)22(27)30-23)19-17-13-35(25(4,5)21(17)32-31-19)24(36)34-12-14(2)33(11-15(34)3)16-7-9-37-10-8-16/h14-16H,6-13H2,1-5H3,(H,31,32)(H3,27,28,29,30)/t14-,15+/m1/s1. The van der Waals surface area contributed by atoms with E-state index in [2.05, 4.69) is 44.2 Å². The number of carbonyl (C=O) groups excluding carboxylic acids is 1. The molecule has 2 amide bonds. The highest BCUT2D eigenvalue weighted by Crippen LogP contribution is 2.43. The van der Waals surface area contributed by atoms with E-state index in [1.165, 1.54) is 0 Å². The second-order valence-electron chi connectivity index (χ2n) is 10.9. The zero-order valence-electron chi connectivity index (χ0n) is 22.3. The molecule has 3 aliphatic rings. The van der Waals surface area contributed by atoms with Crippen LogP contribution in [0.15, 0.2) is 0 Å². The van der Waals surface area contributed by atoms with Crippen LogP contribution in [0, 0.1) is 5.82 Å². The molecule has 37 heavy (non-hydrogen) atoms. The van der Waals surface area contributed by atoms with Crippen LogP contribution in [0.5, 0.6) is 0 Å². The first-order chi connectivity index (χ1) is 17.6. The number of aromatic amines is 1. The van der Waals surface area contributed by atoms with Crippen molar-refractivity contribution in [2.24, 2.45) is 0 Å². The van der Waals surface area contributed by atoms with Gasteiger partial charge in [-0.05, 0) is 47.5 Å². The Morgan fingerprint density at radius 2 is 1.92 bits per heavy atom. The lowest BCUT2D eigenvalue weighted by atomic mass is 9.99. The Morgan fingerprint density at radius 1 is 1.19 bits per heavy atom. The lowest BCUT2D eigenvalue weighted by Gasteiger charge is -2.49. The highest BCUT2D eigenvalue weighted by molar-refractivity contribution is 5.78. The molecule has 202 valence electrons. The number of ether oxygens (including phenoxy) is 1. The molecule has 2 aromatic rings. The second-order valence-corrected chi connectivity index (χ2v) is 10.9. The molecule has 4 N–H and O–H groups in total. The summed E-state index contributed by atoms with van der Waals surface area (Å²) in [6.07, 6.45) is 2.07. The van der Waals surface area contributed by atoms with Gasteiger partial charge in [0.25, 0.3) is 0 Å². The topological polar surface area (TPSA) is 129 Å². The number of H-pyrrole nitrogens is 1. The van der Waals surface area contributed by atoms with Crippen molar-refractivity contribution < 1.29 is 13.9 Å². The molecule has 2 aromatic heterocycles. The van der Waals surface area contributed by atoms with Crippen molar-refractivity contribution in [2.75, 3.05) is 43.9 Å². The lowest BCUT2D eigenvalue weighted by Crippen LogP contribution is -2.63. The van der Waals surface area contributed by atoms with Crippen LogP contribution in [0.4, 0.5) is 21.0 Å². The normalized spacial score (nSPS) is 24.4. The van der Waals surface area contributed by atoms with Gasteiger partial charge in [-0.3, -0.25) is 10.00 Å². The Bertz CT molecular complexity index is 1160. The minimum atomic E-state index is -0.717. The number of halogens is 1. The molecular formula is C25H38FN9O2. The summed E-state index contributed by atoms with van der Waals surface area (Å²) in [5, 5.41) is 10.4. The third kappa shape index (κ3) is 4.39. The molecule has 0 saturated carbocycles. The van der Waals surface area contributed by atoms with Gasteiger partial charge in [-0.15, -0.1) is 0 Å². The summed E-state index contributed by atoms with van der Waals surface area (Å²) in [6.45, 7) is 14.1. The summed E-state index contributed by atoms with van der Waals surface area (Å²) in [4.78, 5) is 28.7. The Kier molecular flexibility index (Phi) is 6.73. The minimum absolute atomic E-state index is 0.0254. The van der Waals surface area contributed by atoms with Crippen molar-refractivity contribution in [3.63, 3.8) is 0 Å². The van der Waals surface area contributed by atoms with Crippen molar-refractivity contribution >= 4 is 17.8 Å². The SMILES string of the molecule is CCNc1nc(N)c(F)c(-c2n[nH]c3c2CN(C(=O)N2C[C@@H](C)N(C4CCOCC4)C[C@@H]2C)C3(C)C)n1. The molecule has 0 unspecified atom stereocenters. The average Bonchev–Trinajstić information content (AvgIpc) is 3.41.